The van der Waals surface area contributed by atoms with E-state index < -0.39 is 0 Å². The third-order valence-electron chi connectivity index (χ3n) is 2.73. The smallest absolute Gasteiger partial charge is 0.143 e. The standard InChI is InChI=1S/C12H6OS2/c1-4-13-10-7(1)11-9(3-6-15-11)12-8(10)2-5-14-12/h1-6H. The Bertz CT molecular complexity index is 578. The van der Waals surface area contributed by atoms with Gasteiger partial charge in [-0.15, -0.1) is 22.7 Å². The number of fused-ring (bicyclic) bond motifs is 6. The second kappa shape index (κ2) is 2.62. The summed E-state index contributed by atoms with van der Waals surface area (Å²) in [6, 6.07) is 6.40. The van der Waals surface area contributed by atoms with Crippen molar-refractivity contribution >= 4 is 53.8 Å². The summed E-state index contributed by atoms with van der Waals surface area (Å²) >= 11 is 3.57. The number of hydrogen-bond acceptors (Lipinski definition) is 3. The number of furan rings is 1. The van der Waals surface area contributed by atoms with E-state index in [0.29, 0.717) is 0 Å². The summed E-state index contributed by atoms with van der Waals surface area (Å²) in [5.41, 5.74) is 1.03. The Morgan fingerprint density at radius 1 is 0.800 bits per heavy atom. The fourth-order valence-corrected chi connectivity index (χ4v) is 4.00. The fraction of sp³-hybridized carbons (Fsp3) is 0. The molecular formula is C12H6OS2. The van der Waals surface area contributed by atoms with E-state index in [0.717, 1.165) is 5.58 Å². The molecule has 0 atom stereocenters. The van der Waals surface area contributed by atoms with Crippen LogP contribution in [-0.4, -0.2) is 0 Å². The van der Waals surface area contributed by atoms with Gasteiger partial charge in [0.25, 0.3) is 0 Å². The Hall–Kier alpha value is -1.32. The minimum absolute atomic E-state index is 1.03. The Balaban J connectivity index is 2.56. The Morgan fingerprint density at radius 2 is 1.47 bits per heavy atom. The second-order valence-electron chi connectivity index (χ2n) is 3.49. The van der Waals surface area contributed by atoms with E-state index in [1.54, 1.807) is 28.9 Å². The molecule has 1 nitrogen and oxygen atoms in total. The topological polar surface area (TPSA) is 13.1 Å². The SMILES string of the molecule is c1cc2c(o1)c1ccsc1c1ccsc21. The van der Waals surface area contributed by atoms with Crippen molar-refractivity contribution in [2.75, 3.05) is 0 Å². The van der Waals surface area contributed by atoms with E-state index in [-0.39, 0.29) is 0 Å². The number of thiophene rings is 2. The first-order chi connectivity index (χ1) is 7.45. The molecule has 0 aliphatic rings. The van der Waals surface area contributed by atoms with Crippen LogP contribution < -0.4 is 0 Å². The number of hydrogen-bond donors (Lipinski definition) is 0. The van der Waals surface area contributed by atoms with Crippen LogP contribution in [-0.2, 0) is 0 Å². The zero-order chi connectivity index (χ0) is 9.83. The normalized spacial score (nSPS) is 12.0. The van der Waals surface area contributed by atoms with E-state index >= 15 is 0 Å². The van der Waals surface area contributed by atoms with Gasteiger partial charge in [-0.25, -0.2) is 0 Å². The van der Waals surface area contributed by atoms with E-state index in [2.05, 4.69) is 29.0 Å². The Kier molecular flexibility index (Phi) is 1.38. The van der Waals surface area contributed by atoms with Crippen LogP contribution in [0, 0.1) is 0 Å². The summed E-state index contributed by atoms with van der Waals surface area (Å²) in [5, 5.41) is 8.12. The molecule has 0 unspecified atom stereocenters. The average Bonchev–Trinajstić information content (AvgIpc) is 2.97. The molecule has 0 spiro atoms. The van der Waals surface area contributed by atoms with Crippen LogP contribution in [0.25, 0.3) is 31.1 Å². The molecule has 3 heteroatoms. The summed E-state index contributed by atoms with van der Waals surface area (Å²) in [4.78, 5) is 0. The van der Waals surface area contributed by atoms with Crippen LogP contribution in [0.5, 0.6) is 0 Å². The first kappa shape index (κ1) is 7.91. The molecule has 1 aromatic carbocycles. The number of rotatable bonds is 0. The van der Waals surface area contributed by atoms with Crippen LogP contribution in [0.15, 0.2) is 39.6 Å². The summed E-state index contributed by atoms with van der Waals surface area (Å²) in [5.74, 6) is 0. The molecule has 0 fully saturated rings. The molecule has 0 saturated heterocycles. The maximum atomic E-state index is 5.58. The van der Waals surface area contributed by atoms with Crippen molar-refractivity contribution in [3.05, 3.63) is 35.2 Å². The molecule has 15 heavy (non-hydrogen) atoms. The monoisotopic (exact) mass is 230 g/mol. The van der Waals surface area contributed by atoms with Crippen LogP contribution >= 0.6 is 22.7 Å². The summed E-state index contributed by atoms with van der Waals surface area (Å²) in [6.45, 7) is 0. The van der Waals surface area contributed by atoms with Crippen molar-refractivity contribution in [2.45, 2.75) is 0 Å². The van der Waals surface area contributed by atoms with Crippen molar-refractivity contribution in [3.8, 4) is 0 Å². The van der Waals surface area contributed by atoms with Gasteiger partial charge in [-0.2, -0.15) is 0 Å². The molecule has 3 aromatic heterocycles. The highest BCUT2D eigenvalue weighted by molar-refractivity contribution is 7.21. The maximum absolute atomic E-state index is 5.58. The maximum Gasteiger partial charge on any atom is 0.143 e. The van der Waals surface area contributed by atoms with Gasteiger partial charge in [0.05, 0.1) is 6.26 Å². The van der Waals surface area contributed by atoms with Crippen molar-refractivity contribution in [2.24, 2.45) is 0 Å². The molecule has 0 amide bonds. The van der Waals surface area contributed by atoms with Crippen LogP contribution in [0.3, 0.4) is 0 Å². The lowest BCUT2D eigenvalue weighted by Gasteiger charge is -1.95. The lowest BCUT2D eigenvalue weighted by Crippen LogP contribution is -1.68. The van der Waals surface area contributed by atoms with Crippen LogP contribution in [0.1, 0.15) is 0 Å². The lowest BCUT2D eigenvalue weighted by atomic mass is 10.1. The van der Waals surface area contributed by atoms with Crippen molar-refractivity contribution in [1.82, 2.24) is 0 Å². The third-order valence-corrected chi connectivity index (χ3v) is 4.62. The van der Waals surface area contributed by atoms with Gasteiger partial charge < -0.3 is 4.42 Å². The molecule has 72 valence electrons. The predicted octanol–water partition coefficient (Wildman–Crippen LogP) is 4.86. The Labute approximate surface area is 93.6 Å². The summed E-state index contributed by atoms with van der Waals surface area (Å²) < 4.78 is 8.26. The number of benzene rings is 1. The zero-order valence-electron chi connectivity index (χ0n) is 7.69. The molecule has 4 aromatic rings. The molecule has 4 rings (SSSR count). The van der Waals surface area contributed by atoms with Gasteiger partial charge in [0, 0.05) is 25.6 Å². The average molecular weight is 230 g/mol. The summed E-state index contributed by atoms with van der Waals surface area (Å²) in [6.07, 6.45) is 1.78. The highest BCUT2D eigenvalue weighted by Crippen LogP contribution is 2.40. The van der Waals surface area contributed by atoms with Crippen molar-refractivity contribution in [3.63, 3.8) is 0 Å². The van der Waals surface area contributed by atoms with Crippen LogP contribution in [0.2, 0.25) is 0 Å². The zero-order valence-corrected chi connectivity index (χ0v) is 9.32. The lowest BCUT2D eigenvalue weighted by molar-refractivity contribution is 0.619. The molecule has 0 radical (unpaired) electrons. The highest BCUT2D eigenvalue weighted by atomic mass is 32.1. The van der Waals surface area contributed by atoms with Gasteiger partial charge in [-0.05, 0) is 29.0 Å². The van der Waals surface area contributed by atoms with Crippen LogP contribution in [0.4, 0.5) is 0 Å². The van der Waals surface area contributed by atoms with E-state index in [4.69, 9.17) is 4.42 Å². The third kappa shape index (κ3) is 0.874. The van der Waals surface area contributed by atoms with Gasteiger partial charge in [0.2, 0.25) is 0 Å². The summed E-state index contributed by atoms with van der Waals surface area (Å²) in [7, 11) is 0. The molecular weight excluding hydrogens is 224 g/mol. The molecule has 0 bridgehead atoms. The van der Waals surface area contributed by atoms with E-state index in [1.807, 2.05) is 0 Å². The molecule has 0 N–H and O–H groups in total. The molecule has 0 aliphatic heterocycles. The van der Waals surface area contributed by atoms with E-state index in [9.17, 15) is 0 Å². The Morgan fingerprint density at radius 3 is 2.27 bits per heavy atom. The van der Waals surface area contributed by atoms with Gasteiger partial charge >= 0.3 is 0 Å². The van der Waals surface area contributed by atoms with Gasteiger partial charge in [0.15, 0.2) is 0 Å². The molecule has 0 aliphatic carbocycles. The highest BCUT2D eigenvalue weighted by Gasteiger charge is 2.11. The fourth-order valence-electron chi connectivity index (χ4n) is 2.09. The van der Waals surface area contributed by atoms with Crippen molar-refractivity contribution < 1.29 is 4.42 Å². The van der Waals surface area contributed by atoms with Gasteiger partial charge in [-0.1, -0.05) is 0 Å². The predicted molar refractivity (Wildman–Crippen MR) is 67.0 cm³/mol. The van der Waals surface area contributed by atoms with E-state index in [1.165, 1.54) is 25.6 Å². The minimum Gasteiger partial charge on any atom is -0.464 e. The quantitative estimate of drug-likeness (QED) is 0.420. The largest absolute Gasteiger partial charge is 0.464 e. The van der Waals surface area contributed by atoms with Crippen molar-refractivity contribution in [1.29, 1.82) is 0 Å². The molecule has 3 heterocycles. The first-order valence-electron chi connectivity index (χ1n) is 4.69. The minimum atomic E-state index is 1.03. The second-order valence-corrected chi connectivity index (χ2v) is 5.32. The molecule has 0 saturated carbocycles. The van der Waals surface area contributed by atoms with Gasteiger partial charge in [-0.3, -0.25) is 0 Å². The first-order valence-corrected chi connectivity index (χ1v) is 6.44. The van der Waals surface area contributed by atoms with Gasteiger partial charge in [0.1, 0.15) is 5.58 Å².